The second-order valence-corrected chi connectivity index (χ2v) is 4.14. The molecular weight excluding hydrogens is 216 g/mol. The normalized spacial score (nSPS) is 10.7. The molecule has 0 heterocycles. The Labute approximate surface area is 93.1 Å². The lowest BCUT2D eigenvalue weighted by Crippen LogP contribution is -2.02. The Bertz CT molecular complexity index is 329. The minimum Gasteiger partial charge on any atom is -0.330 e. The van der Waals surface area contributed by atoms with Gasteiger partial charge in [0.05, 0.1) is 0 Å². The molecule has 4 heteroatoms. The van der Waals surface area contributed by atoms with Gasteiger partial charge >= 0.3 is 0 Å². The maximum absolute atomic E-state index is 13.7. The van der Waals surface area contributed by atoms with Gasteiger partial charge in [0.15, 0.2) is 0 Å². The molecule has 0 atom stereocenters. The first-order valence-corrected chi connectivity index (χ1v) is 6.14. The van der Waals surface area contributed by atoms with Crippen molar-refractivity contribution in [2.75, 3.05) is 12.8 Å². The molecule has 0 aromatic heterocycles. The number of benzene rings is 1. The van der Waals surface area contributed by atoms with E-state index in [-0.39, 0.29) is 5.56 Å². The quantitative estimate of drug-likeness (QED) is 0.623. The van der Waals surface area contributed by atoms with Crippen LogP contribution in [0.1, 0.15) is 18.4 Å². The van der Waals surface area contributed by atoms with Crippen LogP contribution >= 0.6 is 11.8 Å². The molecule has 0 radical (unpaired) electrons. The van der Waals surface area contributed by atoms with Crippen LogP contribution in [0.2, 0.25) is 0 Å². The van der Waals surface area contributed by atoms with Gasteiger partial charge in [-0.1, -0.05) is 0 Å². The second-order valence-electron chi connectivity index (χ2n) is 3.29. The van der Waals surface area contributed by atoms with Crippen LogP contribution < -0.4 is 5.73 Å². The fraction of sp³-hybridized carbons (Fsp3) is 0.455. The van der Waals surface area contributed by atoms with Gasteiger partial charge in [-0.25, -0.2) is 8.78 Å². The van der Waals surface area contributed by atoms with Gasteiger partial charge in [0, 0.05) is 10.5 Å². The van der Waals surface area contributed by atoms with E-state index in [9.17, 15) is 8.78 Å². The SMILES string of the molecule is CSc1ccc(F)c(CCCCN)c1F. The van der Waals surface area contributed by atoms with Crippen molar-refractivity contribution in [1.29, 1.82) is 0 Å². The highest BCUT2D eigenvalue weighted by atomic mass is 32.2. The number of thioether (sulfide) groups is 1. The molecule has 1 nitrogen and oxygen atoms in total. The Balaban J connectivity index is 2.84. The number of halogens is 2. The first-order chi connectivity index (χ1) is 7.20. The molecule has 0 aliphatic heterocycles. The van der Waals surface area contributed by atoms with Gasteiger partial charge in [0.1, 0.15) is 11.6 Å². The van der Waals surface area contributed by atoms with E-state index in [0.717, 1.165) is 12.8 Å². The van der Waals surface area contributed by atoms with Crippen LogP contribution in [0.15, 0.2) is 17.0 Å². The predicted octanol–water partition coefficient (Wildman–Crippen LogP) is 2.97. The summed E-state index contributed by atoms with van der Waals surface area (Å²) in [6.07, 6.45) is 3.72. The molecule has 0 fully saturated rings. The Morgan fingerprint density at radius 3 is 2.60 bits per heavy atom. The van der Waals surface area contributed by atoms with Gasteiger partial charge in [-0.3, -0.25) is 0 Å². The van der Waals surface area contributed by atoms with Crippen molar-refractivity contribution in [3.8, 4) is 0 Å². The van der Waals surface area contributed by atoms with Gasteiger partial charge in [-0.2, -0.15) is 0 Å². The van der Waals surface area contributed by atoms with Crippen molar-refractivity contribution < 1.29 is 8.78 Å². The number of rotatable bonds is 5. The Kier molecular flexibility index (Phi) is 5.05. The molecule has 0 saturated heterocycles. The van der Waals surface area contributed by atoms with E-state index in [0.29, 0.717) is 17.9 Å². The van der Waals surface area contributed by atoms with Gasteiger partial charge in [0.2, 0.25) is 0 Å². The lowest BCUT2D eigenvalue weighted by Gasteiger charge is -2.07. The summed E-state index contributed by atoms with van der Waals surface area (Å²) in [6.45, 7) is 0.561. The topological polar surface area (TPSA) is 26.0 Å². The molecule has 1 rings (SSSR count). The second kappa shape index (κ2) is 6.08. The largest absolute Gasteiger partial charge is 0.330 e. The van der Waals surface area contributed by atoms with Gasteiger partial charge in [-0.05, 0) is 44.2 Å². The Morgan fingerprint density at radius 2 is 2.00 bits per heavy atom. The average Bonchev–Trinajstić information content (AvgIpc) is 2.23. The molecule has 0 amide bonds. The zero-order valence-corrected chi connectivity index (χ0v) is 9.54. The third-order valence-corrected chi connectivity index (χ3v) is 3.01. The third kappa shape index (κ3) is 3.18. The zero-order valence-electron chi connectivity index (χ0n) is 8.72. The summed E-state index contributed by atoms with van der Waals surface area (Å²) in [5, 5.41) is 0. The molecule has 0 saturated carbocycles. The summed E-state index contributed by atoms with van der Waals surface area (Å²) in [7, 11) is 0. The molecule has 2 N–H and O–H groups in total. The summed E-state index contributed by atoms with van der Waals surface area (Å²) in [4.78, 5) is 0.499. The minimum absolute atomic E-state index is 0.190. The molecule has 0 unspecified atom stereocenters. The van der Waals surface area contributed by atoms with E-state index in [1.165, 1.54) is 23.9 Å². The first kappa shape index (κ1) is 12.5. The molecule has 0 aliphatic rings. The van der Waals surface area contributed by atoms with Crippen LogP contribution in [0.3, 0.4) is 0 Å². The Hall–Kier alpha value is -0.610. The van der Waals surface area contributed by atoms with Crippen molar-refractivity contribution in [2.24, 2.45) is 5.73 Å². The summed E-state index contributed by atoms with van der Waals surface area (Å²) in [5.74, 6) is -0.873. The van der Waals surface area contributed by atoms with Crippen molar-refractivity contribution >= 4 is 11.8 Å². The fourth-order valence-corrected chi connectivity index (χ4v) is 1.92. The fourth-order valence-electron chi connectivity index (χ4n) is 1.41. The molecular formula is C11H15F2NS. The van der Waals surface area contributed by atoms with E-state index in [1.54, 1.807) is 6.26 Å². The van der Waals surface area contributed by atoms with E-state index >= 15 is 0 Å². The summed E-state index contributed by atoms with van der Waals surface area (Å²) in [6, 6.07) is 2.80. The zero-order chi connectivity index (χ0) is 11.3. The maximum Gasteiger partial charge on any atom is 0.142 e. The molecule has 84 valence electrons. The number of hydrogen-bond acceptors (Lipinski definition) is 2. The molecule has 0 bridgehead atoms. The van der Waals surface area contributed by atoms with Crippen LogP contribution in [-0.4, -0.2) is 12.8 Å². The summed E-state index contributed by atoms with van der Waals surface area (Å²) < 4.78 is 27.0. The maximum atomic E-state index is 13.7. The van der Waals surface area contributed by atoms with Crippen molar-refractivity contribution in [3.63, 3.8) is 0 Å². The molecule has 0 spiro atoms. The van der Waals surface area contributed by atoms with Crippen LogP contribution in [0.4, 0.5) is 8.78 Å². The lowest BCUT2D eigenvalue weighted by molar-refractivity contribution is 0.531. The van der Waals surface area contributed by atoms with Gasteiger partial charge in [-0.15, -0.1) is 11.8 Å². The monoisotopic (exact) mass is 231 g/mol. The minimum atomic E-state index is -0.456. The number of hydrogen-bond donors (Lipinski definition) is 1. The molecule has 0 aliphatic carbocycles. The highest BCUT2D eigenvalue weighted by molar-refractivity contribution is 7.98. The van der Waals surface area contributed by atoms with Crippen molar-refractivity contribution in [1.82, 2.24) is 0 Å². The van der Waals surface area contributed by atoms with Crippen molar-refractivity contribution in [3.05, 3.63) is 29.3 Å². The predicted molar refractivity (Wildman–Crippen MR) is 60.1 cm³/mol. The van der Waals surface area contributed by atoms with E-state index in [1.807, 2.05) is 0 Å². The Morgan fingerprint density at radius 1 is 1.27 bits per heavy atom. The standard InChI is InChI=1S/C11H15F2NS/c1-15-10-6-5-9(12)8(11(10)13)4-2-3-7-14/h5-6H,2-4,7,14H2,1H3. The molecule has 1 aromatic rings. The summed E-state index contributed by atoms with van der Waals surface area (Å²) in [5.41, 5.74) is 5.52. The van der Waals surface area contributed by atoms with E-state index < -0.39 is 11.6 Å². The third-order valence-electron chi connectivity index (χ3n) is 2.25. The van der Waals surface area contributed by atoms with Gasteiger partial charge < -0.3 is 5.73 Å². The van der Waals surface area contributed by atoms with E-state index in [4.69, 9.17) is 5.73 Å². The van der Waals surface area contributed by atoms with Crippen LogP contribution in [0.25, 0.3) is 0 Å². The lowest BCUT2D eigenvalue weighted by atomic mass is 10.1. The van der Waals surface area contributed by atoms with Crippen LogP contribution in [0, 0.1) is 11.6 Å². The van der Waals surface area contributed by atoms with Crippen LogP contribution in [-0.2, 0) is 6.42 Å². The highest BCUT2D eigenvalue weighted by Gasteiger charge is 2.12. The summed E-state index contributed by atoms with van der Waals surface area (Å²) >= 11 is 1.29. The first-order valence-electron chi connectivity index (χ1n) is 4.91. The average molecular weight is 231 g/mol. The smallest absolute Gasteiger partial charge is 0.142 e. The van der Waals surface area contributed by atoms with Crippen LogP contribution in [0.5, 0.6) is 0 Å². The number of nitrogens with two attached hydrogens (primary N) is 1. The highest BCUT2D eigenvalue weighted by Crippen LogP contribution is 2.25. The van der Waals surface area contributed by atoms with Gasteiger partial charge in [0.25, 0.3) is 0 Å². The number of unbranched alkanes of at least 4 members (excludes halogenated alkanes) is 1. The van der Waals surface area contributed by atoms with E-state index in [2.05, 4.69) is 0 Å². The van der Waals surface area contributed by atoms with Crippen molar-refractivity contribution in [2.45, 2.75) is 24.2 Å². The molecule has 1 aromatic carbocycles. The molecule has 15 heavy (non-hydrogen) atoms.